The topological polar surface area (TPSA) is 118 Å². The lowest BCUT2D eigenvalue weighted by Crippen LogP contribution is -2.37. The number of hydrogen-bond donors (Lipinski definition) is 0. The van der Waals surface area contributed by atoms with Crippen LogP contribution in [0, 0.1) is 6.92 Å². The van der Waals surface area contributed by atoms with Gasteiger partial charge in [0, 0.05) is 24.1 Å². The van der Waals surface area contributed by atoms with E-state index in [1.54, 1.807) is 42.5 Å². The molecule has 1 saturated heterocycles. The molecule has 47 heavy (non-hydrogen) atoms. The van der Waals surface area contributed by atoms with Crippen molar-refractivity contribution in [2.24, 2.45) is 14.1 Å². The first-order chi connectivity index (χ1) is 22.4. The largest absolute Gasteiger partial charge is 0.493 e. The summed E-state index contributed by atoms with van der Waals surface area (Å²) in [6.45, 7) is 2.22. The zero-order valence-corrected chi connectivity index (χ0v) is 27.9. The smallest absolute Gasteiger partial charge is 0.332 e. The summed E-state index contributed by atoms with van der Waals surface area (Å²) in [5.74, 6) is 0.155. The molecular formula is C33H27Cl2N5O6S. The molecule has 1 aliphatic rings. The van der Waals surface area contributed by atoms with Crippen molar-refractivity contribution in [2.45, 2.75) is 20.0 Å². The molecule has 240 valence electrons. The second-order valence-corrected chi connectivity index (χ2v) is 12.7. The molecule has 3 heterocycles. The monoisotopic (exact) mass is 691 g/mol. The molecule has 5 aromatic rings. The zero-order chi connectivity index (χ0) is 33.6. The molecular weight excluding hydrogens is 665 g/mol. The maximum absolute atomic E-state index is 13.3. The fraction of sp³-hybridized carbons (Fsp3) is 0.182. The molecule has 0 N–H and O–H groups in total. The Bertz CT molecular complexity index is 2240. The van der Waals surface area contributed by atoms with Crippen LogP contribution in [0.1, 0.15) is 22.3 Å². The minimum atomic E-state index is -0.561. The van der Waals surface area contributed by atoms with Gasteiger partial charge in [-0.2, -0.15) is 4.98 Å². The van der Waals surface area contributed by atoms with Crippen LogP contribution in [0.2, 0.25) is 10.0 Å². The molecule has 0 saturated carbocycles. The first-order valence-corrected chi connectivity index (χ1v) is 15.8. The quantitative estimate of drug-likeness (QED) is 0.178. The highest BCUT2D eigenvalue weighted by molar-refractivity contribution is 8.18. The summed E-state index contributed by atoms with van der Waals surface area (Å²) in [6.07, 6.45) is 1.61. The standard InChI is InChI=1S/C33H27Cl2N5O6S/c1-18-5-7-19(8-6-18)16-40-29(41)26(47-33(40)44)14-20-9-12-24(25(13-20)45-4)46-31-36-28-27(30(42)38(3)32(43)37(28)2)39(31)17-21-10-11-22(34)15-23(21)35/h5-15H,16-17H2,1-4H3/b26-14-. The minimum Gasteiger partial charge on any atom is -0.493 e. The van der Waals surface area contributed by atoms with Gasteiger partial charge in [0.2, 0.25) is 0 Å². The van der Waals surface area contributed by atoms with Gasteiger partial charge in [-0.1, -0.05) is 65.2 Å². The van der Waals surface area contributed by atoms with E-state index in [0.717, 1.165) is 27.5 Å². The molecule has 2 aromatic heterocycles. The number of nitrogens with zero attached hydrogens (tertiary/aromatic N) is 5. The average Bonchev–Trinajstić information content (AvgIpc) is 3.53. The van der Waals surface area contributed by atoms with E-state index < -0.39 is 11.2 Å². The average molecular weight is 693 g/mol. The van der Waals surface area contributed by atoms with Crippen LogP contribution in [-0.2, 0) is 32.0 Å². The number of imide groups is 1. The number of fused-ring (bicyclic) bond motifs is 1. The summed E-state index contributed by atoms with van der Waals surface area (Å²) in [5, 5.41) is 0.469. The van der Waals surface area contributed by atoms with E-state index in [9.17, 15) is 19.2 Å². The number of aromatic nitrogens is 4. The first kappa shape index (κ1) is 32.2. The summed E-state index contributed by atoms with van der Waals surface area (Å²) >= 11 is 13.4. The Kier molecular flexibility index (Phi) is 8.75. The minimum absolute atomic E-state index is 0.00703. The van der Waals surface area contributed by atoms with E-state index in [0.29, 0.717) is 26.9 Å². The van der Waals surface area contributed by atoms with Gasteiger partial charge in [-0.05, 0) is 65.7 Å². The molecule has 0 unspecified atom stereocenters. The van der Waals surface area contributed by atoms with Gasteiger partial charge in [0.05, 0.1) is 25.1 Å². The number of carbonyl (C=O) groups excluding carboxylic acids is 2. The number of carbonyl (C=O) groups is 2. The molecule has 6 rings (SSSR count). The Morgan fingerprint density at radius 3 is 2.34 bits per heavy atom. The number of methoxy groups -OCH3 is 1. The van der Waals surface area contributed by atoms with Gasteiger partial charge in [-0.25, -0.2) is 4.79 Å². The molecule has 0 atom stereocenters. The second-order valence-electron chi connectivity index (χ2n) is 10.9. The van der Waals surface area contributed by atoms with Crippen molar-refractivity contribution in [1.82, 2.24) is 23.6 Å². The molecule has 0 spiro atoms. The van der Waals surface area contributed by atoms with Crippen LogP contribution < -0.4 is 20.7 Å². The molecule has 11 nitrogen and oxygen atoms in total. The lowest BCUT2D eigenvalue weighted by atomic mass is 10.1. The number of aryl methyl sites for hydroxylation is 2. The van der Waals surface area contributed by atoms with Gasteiger partial charge in [-0.3, -0.25) is 33.0 Å². The molecule has 0 radical (unpaired) electrons. The van der Waals surface area contributed by atoms with Crippen molar-refractivity contribution in [3.8, 4) is 17.5 Å². The Labute approximate surface area is 282 Å². The molecule has 14 heteroatoms. The number of thioether (sulfide) groups is 1. The van der Waals surface area contributed by atoms with Crippen molar-refractivity contribution < 1.29 is 19.1 Å². The van der Waals surface area contributed by atoms with Gasteiger partial charge >= 0.3 is 11.7 Å². The normalized spacial score (nSPS) is 14.1. The Morgan fingerprint density at radius 1 is 0.894 bits per heavy atom. The number of rotatable bonds is 8. The molecule has 3 aromatic carbocycles. The van der Waals surface area contributed by atoms with Crippen LogP contribution in [0.3, 0.4) is 0 Å². The summed E-state index contributed by atoms with van der Waals surface area (Å²) in [6, 6.07) is 17.6. The highest BCUT2D eigenvalue weighted by atomic mass is 35.5. The lowest BCUT2D eigenvalue weighted by Gasteiger charge is -2.14. The van der Waals surface area contributed by atoms with Crippen molar-refractivity contribution in [3.05, 3.63) is 119 Å². The first-order valence-electron chi connectivity index (χ1n) is 14.2. The highest BCUT2D eigenvalue weighted by Gasteiger charge is 2.35. The maximum atomic E-state index is 13.3. The predicted molar refractivity (Wildman–Crippen MR) is 182 cm³/mol. The second kappa shape index (κ2) is 12.8. The van der Waals surface area contributed by atoms with Crippen molar-refractivity contribution in [2.75, 3.05) is 7.11 Å². The zero-order valence-electron chi connectivity index (χ0n) is 25.6. The highest BCUT2D eigenvalue weighted by Crippen LogP contribution is 2.37. The van der Waals surface area contributed by atoms with Crippen LogP contribution in [-0.4, -0.2) is 41.8 Å². The van der Waals surface area contributed by atoms with E-state index in [1.807, 2.05) is 31.2 Å². The van der Waals surface area contributed by atoms with Gasteiger partial charge < -0.3 is 9.47 Å². The van der Waals surface area contributed by atoms with Crippen LogP contribution in [0.25, 0.3) is 17.2 Å². The van der Waals surface area contributed by atoms with Crippen LogP contribution in [0.15, 0.2) is 75.2 Å². The number of imidazole rings is 1. The summed E-state index contributed by atoms with van der Waals surface area (Å²) < 4.78 is 15.6. The van der Waals surface area contributed by atoms with Crippen LogP contribution in [0.4, 0.5) is 4.79 Å². The van der Waals surface area contributed by atoms with E-state index >= 15 is 0 Å². The third-order valence-electron chi connectivity index (χ3n) is 7.68. The third-order valence-corrected chi connectivity index (χ3v) is 9.17. The van der Waals surface area contributed by atoms with Gasteiger partial charge in [-0.15, -0.1) is 0 Å². The fourth-order valence-corrected chi connectivity index (χ4v) is 6.40. The molecule has 1 fully saturated rings. The molecule has 2 amide bonds. The summed E-state index contributed by atoms with van der Waals surface area (Å²) in [5.41, 5.74) is 2.31. The molecule has 0 aliphatic carbocycles. The SMILES string of the molecule is COc1cc(/C=C2\SC(=O)N(Cc3ccc(C)cc3)C2=O)ccc1Oc1nc2c(c(=O)n(C)c(=O)n2C)n1Cc1ccc(Cl)cc1Cl. The predicted octanol–water partition coefficient (Wildman–Crippen LogP) is 6.13. The number of amides is 2. The van der Waals surface area contributed by atoms with Crippen molar-refractivity contribution in [3.63, 3.8) is 0 Å². The summed E-state index contributed by atoms with van der Waals surface area (Å²) in [4.78, 5) is 57.9. The number of benzene rings is 3. The van der Waals surface area contributed by atoms with Gasteiger partial charge in [0.25, 0.3) is 16.7 Å². The third kappa shape index (κ3) is 6.19. The van der Waals surface area contributed by atoms with Gasteiger partial charge in [0.1, 0.15) is 0 Å². The number of hydrogen-bond acceptors (Lipinski definition) is 8. The van der Waals surface area contributed by atoms with E-state index in [2.05, 4.69) is 4.98 Å². The number of halogens is 2. The van der Waals surface area contributed by atoms with Gasteiger partial charge in [0.15, 0.2) is 22.7 Å². The summed E-state index contributed by atoms with van der Waals surface area (Å²) in [7, 11) is 4.35. The van der Waals surface area contributed by atoms with Crippen LogP contribution in [0.5, 0.6) is 17.5 Å². The fourth-order valence-electron chi connectivity index (χ4n) is 5.09. The van der Waals surface area contributed by atoms with Crippen LogP contribution >= 0.6 is 35.0 Å². The lowest BCUT2D eigenvalue weighted by molar-refractivity contribution is -0.123. The number of ether oxygens (including phenoxy) is 2. The molecule has 0 bridgehead atoms. The maximum Gasteiger partial charge on any atom is 0.332 e. The van der Waals surface area contributed by atoms with Crippen molar-refractivity contribution in [1.29, 1.82) is 0 Å². The Morgan fingerprint density at radius 2 is 1.64 bits per heavy atom. The van der Waals surface area contributed by atoms with E-state index in [1.165, 1.54) is 35.2 Å². The molecule has 1 aliphatic heterocycles. The Hall–Kier alpha value is -4.78. The van der Waals surface area contributed by atoms with Crippen molar-refractivity contribution >= 4 is 63.4 Å². The van der Waals surface area contributed by atoms with E-state index in [4.69, 9.17) is 32.7 Å². The Balaban J connectivity index is 1.34. The van der Waals surface area contributed by atoms with E-state index in [-0.39, 0.29) is 52.1 Å².